The van der Waals surface area contributed by atoms with Gasteiger partial charge in [-0.25, -0.2) is 0 Å². The van der Waals surface area contributed by atoms with E-state index in [0.717, 1.165) is 0 Å². The highest BCUT2D eigenvalue weighted by Gasteiger charge is 2.31. The van der Waals surface area contributed by atoms with Gasteiger partial charge in [0.25, 0.3) is 0 Å². The van der Waals surface area contributed by atoms with E-state index in [9.17, 15) is 9.59 Å². The molecule has 0 aromatic rings. The van der Waals surface area contributed by atoms with Crippen molar-refractivity contribution in [1.82, 2.24) is 0 Å². The molecule has 6 heteroatoms. The van der Waals surface area contributed by atoms with Crippen LogP contribution >= 0.6 is 0 Å². The van der Waals surface area contributed by atoms with Crippen LogP contribution in [0.3, 0.4) is 0 Å². The predicted octanol–water partition coefficient (Wildman–Crippen LogP) is -1.02. The molecule has 0 rings (SSSR count). The maximum absolute atomic E-state index is 10.6. The minimum Gasteiger partial charge on any atom is -0.481 e. The smallest absolute Gasteiger partial charge is 0.324 e. The third-order valence-corrected chi connectivity index (χ3v) is 1.80. The standard InChI is InChI=1S/C7H14N2O4/c8-4-7(9,6(12)13)3-1-2-5(10)11/h1-4,8-9H2,(H,10,11)(H,12,13). The summed E-state index contributed by atoms with van der Waals surface area (Å²) in [5.74, 6) is -2.16. The molecule has 0 heterocycles. The van der Waals surface area contributed by atoms with Gasteiger partial charge in [0.1, 0.15) is 5.54 Å². The first-order valence-electron chi connectivity index (χ1n) is 3.86. The molecule has 0 aliphatic heterocycles. The molecule has 76 valence electrons. The molecule has 6 nitrogen and oxygen atoms in total. The highest BCUT2D eigenvalue weighted by molar-refractivity contribution is 5.78. The molecule has 0 aliphatic carbocycles. The van der Waals surface area contributed by atoms with E-state index >= 15 is 0 Å². The number of aliphatic carboxylic acids is 2. The molecule has 0 aromatic heterocycles. The fourth-order valence-electron chi connectivity index (χ4n) is 0.851. The number of carbonyl (C=O) groups is 2. The Kier molecular flexibility index (Phi) is 4.36. The van der Waals surface area contributed by atoms with Gasteiger partial charge in [0, 0.05) is 13.0 Å². The van der Waals surface area contributed by atoms with Crippen LogP contribution in [0.4, 0.5) is 0 Å². The van der Waals surface area contributed by atoms with Crippen LogP contribution in [0, 0.1) is 0 Å². The van der Waals surface area contributed by atoms with Gasteiger partial charge in [-0.2, -0.15) is 0 Å². The van der Waals surface area contributed by atoms with Gasteiger partial charge in [-0.05, 0) is 12.8 Å². The lowest BCUT2D eigenvalue weighted by atomic mass is 9.94. The molecule has 1 atom stereocenters. The number of hydrogen-bond acceptors (Lipinski definition) is 4. The van der Waals surface area contributed by atoms with Crippen LogP contribution < -0.4 is 11.5 Å². The summed E-state index contributed by atoms with van der Waals surface area (Å²) in [6, 6.07) is 0. The van der Waals surface area contributed by atoms with E-state index in [2.05, 4.69) is 0 Å². The van der Waals surface area contributed by atoms with E-state index in [1.807, 2.05) is 0 Å². The minimum atomic E-state index is -1.49. The zero-order valence-corrected chi connectivity index (χ0v) is 7.19. The maximum Gasteiger partial charge on any atom is 0.324 e. The van der Waals surface area contributed by atoms with E-state index in [-0.39, 0.29) is 25.8 Å². The molecule has 0 amide bonds. The third kappa shape index (κ3) is 3.86. The number of rotatable bonds is 6. The first-order chi connectivity index (χ1) is 5.92. The Balaban J connectivity index is 3.98. The van der Waals surface area contributed by atoms with Gasteiger partial charge in [-0.1, -0.05) is 0 Å². The van der Waals surface area contributed by atoms with Crippen LogP contribution in [-0.4, -0.2) is 34.2 Å². The van der Waals surface area contributed by atoms with Gasteiger partial charge in [-0.15, -0.1) is 0 Å². The molecule has 6 N–H and O–H groups in total. The van der Waals surface area contributed by atoms with Crippen LogP contribution in [0.15, 0.2) is 0 Å². The van der Waals surface area contributed by atoms with E-state index < -0.39 is 17.5 Å². The van der Waals surface area contributed by atoms with Gasteiger partial charge < -0.3 is 21.7 Å². The number of nitrogens with two attached hydrogens (primary N) is 2. The largest absolute Gasteiger partial charge is 0.481 e. The van der Waals surface area contributed by atoms with E-state index in [1.54, 1.807) is 0 Å². The lowest BCUT2D eigenvalue weighted by Crippen LogP contribution is -2.53. The first-order valence-corrected chi connectivity index (χ1v) is 3.86. The first kappa shape index (κ1) is 11.9. The highest BCUT2D eigenvalue weighted by atomic mass is 16.4. The summed E-state index contributed by atoms with van der Waals surface area (Å²) < 4.78 is 0. The maximum atomic E-state index is 10.6. The van der Waals surface area contributed by atoms with Crippen LogP contribution in [0.5, 0.6) is 0 Å². The van der Waals surface area contributed by atoms with Crippen molar-refractivity contribution in [1.29, 1.82) is 0 Å². The molecule has 0 fully saturated rings. The molecule has 1 unspecified atom stereocenters. The highest BCUT2D eigenvalue weighted by Crippen LogP contribution is 2.10. The van der Waals surface area contributed by atoms with Crippen molar-refractivity contribution in [3.63, 3.8) is 0 Å². The van der Waals surface area contributed by atoms with Crippen molar-refractivity contribution in [3.05, 3.63) is 0 Å². The summed E-state index contributed by atoms with van der Waals surface area (Å²) in [5.41, 5.74) is 9.09. The summed E-state index contributed by atoms with van der Waals surface area (Å²) in [5, 5.41) is 16.9. The van der Waals surface area contributed by atoms with E-state index in [0.29, 0.717) is 0 Å². The van der Waals surface area contributed by atoms with Crippen LogP contribution in [0.25, 0.3) is 0 Å². The molecular formula is C7H14N2O4. The summed E-state index contributed by atoms with van der Waals surface area (Å²) in [6.45, 7) is -0.193. The normalized spacial score (nSPS) is 14.9. The fraction of sp³-hybridized carbons (Fsp3) is 0.714. The average molecular weight is 190 g/mol. The number of hydrogen-bond donors (Lipinski definition) is 4. The summed E-state index contributed by atoms with van der Waals surface area (Å²) in [6.07, 6.45) is 0.201. The van der Waals surface area contributed by atoms with Gasteiger partial charge in [0.05, 0.1) is 0 Å². The average Bonchev–Trinajstić information content (AvgIpc) is 2.03. The van der Waals surface area contributed by atoms with Gasteiger partial charge in [0.15, 0.2) is 0 Å². The third-order valence-electron chi connectivity index (χ3n) is 1.80. The Morgan fingerprint density at radius 2 is 1.85 bits per heavy atom. The molecular weight excluding hydrogens is 176 g/mol. The SMILES string of the molecule is NCC(N)(CCCC(=O)O)C(=O)O. The zero-order chi connectivity index (χ0) is 10.5. The quantitative estimate of drug-likeness (QED) is 0.424. The topological polar surface area (TPSA) is 127 Å². The van der Waals surface area contributed by atoms with E-state index in [4.69, 9.17) is 21.7 Å². The Labute approximate surface area is 75.5 Å². The number of carboxylic acids is 2. The predicted molar refractivity (Wildman–Crippen MR) is 45.1 cm³/mol. The van der Waals surface area contributed by atoms with Crippen molar-refractivity contribution in [2.45, 2.75) is 24.8 Å². The molecule has 0 spiro atoms. The van der Waals surface area contributed by atoms with Crippen molar-refractivity contribution in [2.24, 2.45) is 11.5 Å². The second-order valence-corrected chi connectivity index (χ2v) is 2.91. The van der Waals surface area contributed by atoms with Crippen molar-refractivity contribution >= 4 is 11.9 Å². The molecule has 0 saturated heterocycles. The van der Waals surface area contributed by atoms with Crippen molar-refractivity contribution in [3.8, 4) is 0 Å². The minimum absolute atomic E-state index is 0.0745. The Morgan fingerprint density at radius 3 is 2.15 bits per heavy atom. The number of carboxylic acid groups (broad SMARTS) is 2. The Bertz CT molecular complexity index is 207. The van der Waals surface area contributed by atoms with Crippen molar-refractivity contribution in [2.75, 3.05) is 6.54 Å². The van der Waals surface area contributed by atoms with Gasteiger partial charge in [-0.3, -0.25) is 9.59 Å². The monoisotopic (exact) mass is 190 g/mol. The molecule has 13 heavy (non-hydrogen) atoms. The Morgan fingerprint density at radius 1 is 1.31 bits per heavy atom. The molecule has 0 saturated carbocycles. The Hall–Kier alpha value is -1.14. The summed E-state index contributed by atoms with van der Waals surface area (Å²) in [7, 11) is 0. The molecule has 0 bridgehead atoms. The van der Waals surface area contributed by atoms with Crippen LogP contribution in [-0.2, 0) is 9.59 Å². The summed E-state index contributed by atoms with van der Waals surface area (Å²) >= 11 is 0. The summed E-state index contributed by atoms with van der Waals surface area (Å²) in [4.78, 5) is 20.7. The molecule has 0 radical (unpaired) electrons. The van der Waals surface area contributed by atoms with Crippen LogP contribution in [0.2, 0.25) is 0 Å². The molecule has 0 aromatic carbocycles. The van der Waals surface area contributed by atoms with E-state index in [1.165, 1.54) is 0 Å². The second kappa shape index (κ2) is 4.78. The lowest BCUT2D eigenvalue weighted by Gasteiger charge is -2.21. The molecule has 0 aliphatic rings. The van der Waals surface area contributed by atoms with Gasteiger partial charge in [0.2, 0.25) is 0 Å². The van der Waals surface area contributed by atoms with Crippen molar-refractivity contribution < 1.29 is 19.8 Å². The van der Waals surface area contributed by atoms with Crippen LogP contribution in [0.1, 0.15) is 19.3 Å². The fourth-order valence-corrected chi connectivity index (χ4v) is 0.851. The second-order valence-electron chi connectivity index (χ2n) is 2.91. The van der Waals surface area contributed by atoms with Gasteiger partial charge >= 0.3 is 11.9 Å². The lowest BCUT2D eigenvalue weighted by molar-refractivity contribution is -0.144. The zero-order valence-electron chi connectivity index (χ0n) is 7.19.